The third-order valence-corrected chi connectivity index (χ3v) is 3.49. The van der Waals surface area contributed by atoms with E-state index in [0.717, 1.165) is 30.5 Å². The van der Waals surface area contributed by atoms with Crippen molar-refractivity contribution < 1.29 is 4.39 Å². The Morgan fingerprint density at radius 3 is 2.65 bits per heavy atom. The highest BCUT2D eigenvalue weighted by molar-refractivity contribution is 6.31. The molecule has 0 aliphatic carbocycles. The standard InChI is InChI=1S/C16H18ClFN2/c1-2-8-20-16(14-7-9-19-11-15(14)17)10-12-3-5-13(18)6-4-12/h3-7,9,11,16,20H,2,8,10H2,1H3. The summed E-state index contributed by atoms with van der Waals surface area (Å²) in [5, 5.41) is 4.14. The number of pyridine rings is 1. The smallest absolute Gasteiger partial charge is 0.123 e. The van der Waals surface area contributed by atoms with Gasteiger partial charge in [-0.1, -0.05) is 30.7 Å². The maximum absolute atomic E-state index is 13.0. The number of aromatic nitrogens is 1. The van der Waals surface area contributed by atoms with Crippen LogP contribution in [0.1, 0.15) is 30.5 Å². The lowest BCUT2D eigenvalue weighted by atomic mass is 9.99. The van der Waals surface area contributed by atoms with Crippen LogP contribution < -0.4 is 5.32 Å². The minimum absolute atomic E-state index is 0.107. The van der Waals surface area contributed by atoms with Crippen LogP contribution in [0.4, 0.5) is 4.39 Å². The van der Waals surface area contributed by atoms with Crippen LogP contribution in [-0.4, -0.2) is 11.5 Å². The van der Waals surface area contributed by atoms with Crippen molar-refractivity contribution in [2.45, 2.75) is 25.8 Å². The van der Waals surface area contributed by atoms with Gasteiger partial charge in [0.05, 0.1) is 5.02 Å². The second kappa shape index (κ2) is 7.36. The molecule has 2 nitrogen and oxygen atoms in total. The molecule has 4 heteroatoms. The van der Waals surface area contributed by atoms with Crippen molar-refractivity contribution in [2.24, 2.45) is 0 Å². The van der Waals surface area contributed by atoms with E-state index in [1.165, 1.54) is 12.1 Å². The summed E-state index contributed by atoms with van der Waals surface area (Å²) in [6.07, 6.45) is 5.21. The van der Waals surface area contributed by atoms with Crippen LogP contribution in [0.25, 0.3) is 0 Å². The van der Waals surface area contributed by atoms with E-state index in [1.807, 2.05) is 18.2 Å². The molecule has 1 unspecified atom stereocenters. The van der Waals surface area contributed by atoms with Gasteiger partial charge in [0.1, 0.15) is 5.82 Å². The molecule has 0 saturated heterocycles. The van der Waals surface area contributed by atoms with Gasteiger partial charge in [-0.05, 0) is 48.7 Å². The van der Waals surface area contributed by atoms with Crippen LogP contribution in [0, 0.1) is 5.82 Å². The Morgan fingerprint density at radius 1 is 1.25 bits per heavy atom. The van der Waals surface area contributed by atoms with Gasteiger partial charge >= 0.3 is 0 Å². The topological polar surface area (TPSA) is 24.9 Å². The van der Waals surface area contributed by atoms with E-state index in [9.17, 15) is 4.39 Å². The highest BCUT2D eigenvalue weighted by Crippen LogP contribution is 2.25. The van der Waals surface area contributed by atoms with E-state index >= 15 is 0 Å². The quantitative estimate of drug-likeness (QED) is 0.865. The number of hydrogen-bond donors (Lipinski definition) is 1. The first-order valence-electron chi connectivity index (χ1n) is 6.78. The van der Waals surface area contributed by atoms with Gasteiger partial charge in [0.2, 0.25) is 0 Å². The van der Waals surface area contributed by atoms with E-state index in [2.05, 4.69) is 17.2 Å². The summed E-state index contributed by atoms with van der Waals surface area (Å²) in [6.45, 7) is 3.03. The first-order valence-corrected chi connectivity index (χ1v) is 7.15. The summed E-state index contributed by atoms with van der Waals surface area (Å²) in [5.74, 6) is -0.214. The monoisotopic (exact) mass is 292 g/mol. The van der Waals surface area contributed by atoms with Crippen molar-refractivity contribution in [2.75, 3.05) is 6.54 Å². The Bertz CT molecular complexity index is 542. The molecule has 0 amide bonds. The van der Waals surface area contributed by atoms with Crippen molar-refractivity contribution in [3.63, 3.8) is 0 Å². The SMILES string of the molecule is CCCNC(Cc1ccc(F)cc1)c1ccncc1Cl. The fourth-order valence-electron chi connectivity index (χ4n) is 2.14. The van der Waals surface area contributed by atoms with Crippen LogP contribution in [0.15, 0.2) is 42.7 Å². The van der Waals surface area contributed by atoms with Gasteiger partial charge in [-0.25, -0.2) is 4.39 Å². The molecule has 0 saturated carbocycles. The molecule has 0 bridgehead atoms. The van der Waals surface area contributed by atoms with E-state index in [4.69, 9.17) is 11.6 Å². The van der Waals surface area contributed by atoms with Crippen molar-refractivity contribution in [1.29, 1.82) is 0 Å². The van der Waals surface area contributed by atoms with E-state index in [1.54, 1.807) is 12.4 Å². The first kappa shape index (κ1) is 14.9. The minimum atomic E-state index is -0.214. The van der Waals surface area contributed by atoms with Crippen molar-refractivity contribution >= 4 is 11.6 Å². The zero-order chi connectivity index (χ0) is 14.4. The fraction of sp³-hybridized carbons (Fsp3) is 0.312. The molecule has 0 fully saturated rings. The van der Waals surface area contributed by atoms with Crippen molar-refractivity contribution in [1.82, 2.24) is 10.3 Å². The Kier molecular flexibility index (Phi) is 5.50. The molecule has 20 heavy (non-hydrogen) atoms. The average Bonchev–Trinajstić information content (AvgIpc) is 2.46. The second-order valence-electron chi connectivity index (χ2n) is 4.73. The van der Waals surface area contributed by atoms with E-state index in [-0.39, 0.29) is 11.9 Å². The van der Waals surface area contributed by atoms with Gasteiger partial charge in [-0.2, -0.15) is 0 Å². The Labute approximate surface area is 124 Å². The summed E-state index contributed by atoms with van der Waals surface area (Å²) >= 11 is 6.23. The zero-order valence-electron chi connectivity index (χ0n) is 11.4. The number of rotatable bonds is 6. The Hall–Kier alpha value is -1.45. The van der Waals surface area contributed by atoms with Gasteiger partial charge in [-0.3, -0.25) is 4.98 Å². The van der Waals surface area contributed by atoms with Crippen molar-refractivity contribution in [3.05, 3.63) is 64.7 Å². The molecule has 0 spiro atoms. The summed E-state index contributed by atoms with van der Waals surface area (Å²) in [5.41, 5.74) is 2.10. The average molecular weight is 293 g/mol. The maximum Gasteiger partial charge on any atom is 0.123 e. The molecule has 1 atom stereocenters. The summed E-state index contributed by atoms with van der Waals surface area (Å²) < 4.78 is 13.0. The van der Waals surface area contributed by atoms with Gasteiger partial charge in [0, 0.05) is 18.4 Å². The van der Waals surface area contributed by atoms with Crippen LogP contribution in [0.5, 0.6) is 0 Å². The summed E-state index contributed by atoms with van der Waals surface area (Å²) in [6, 6.07) is 8.63. The molecule has 0 radical (unpaired) electrons. The highest BCUT2D eigenvalue weighted by atomic mass is 35.5. The van der Waals surface area contributed by atoms with Crippen molar-refractivity contribution in [3.8, 4) is 0 Å². The van der Waals surface area contributed by atoms with Gasteiger partial charge in [-0.15, -0.1) is 0 Å². The third kappa shape index (κ3) is 4.02. The number of nitrogens with one attached hydrogen (secondary N) is 1. The highest BCUT2D eigenvalue weighted by Gasteiger charge is 2.14. The Morgan fingerprint density at radius 2 is 2.00 bits per heavy atom. The number of benzene rings is 1. The van der Waals surface area contributed by atoms with Crippen LogP contribution >= 0.6 is 11.6 Å². The maximum atomic E-state index is 13.0. The normalized spacial score (nSPS) is 12.3. The molecular weight excluding hydrogens is 275 g/mol. The molecular formula is C16H18ClFN2. The van der Waals surface area contributed by atoms with Gasteiger partial charge < -0.3 is 5.32 Å². The minimum Gasteiger partial charge on any atom is -0.310 e. The second-order valence-corrected chi connectivity index (χ2v) is 5.14. The third-order valence-electron chi connectivity index (χ3n) is 3.17. The van der Waals surface area contributed by atoms with Crippen LogP contribution in [0.2, 0.25) is 5.02 Å². The lowest BCUT2D eigenvalue weighted by Crippen LogP contribution is -2.24. The lowest BCUT2D eigenvalue weighted by molar-refractivity contribution is 0.528. The molecule has 1 heterocycles. The Balaban J connectivity index is 2.19. The van der Waals surface area contributed by atoms with Gasteiger partial charge in [0.25, 0.3) is 0 Å². The van der Waals surface area contributed by atoms with Gasteiger partial charge in [0.15, 0.2) is 0 Å². The zero-order valence-corrected chi connectivity index (χ0v) is 12.2. The fourth-order valence-corrected chi connectivity index (χ4v) is 2.39. The molecule has 0 aliphatic heterocycles. The molecule has 1 aromatic heterocycles. The number of nitrogens with zero attached hydrogens (tertiary/aromatic N) is 1. The molecule has 1 N–H and O–H groups in total. The lowest BCUT2D eigenvalue weighted by Gasteiger charge is -2.20. The van der Waals surface area contributed by atoms with Crippen LogP contribution in [0.3, 0.4) is 0 Å². The number of halogens is 2. The predicted octanol–water partition coefficient (Wildman–Crippen LogP) is 4.16. The molecule has 2 aromatic rings. The van der Waals surface area contributed by atoms with Crippen LogP contribution in [-0.2, 0) is 6.42 Å². The van der Waals surface area contributed by atoms with E-state index in [0.29, 0.717) is 5.02 Å². The summed E-state index contributed by atoms with van der Waals surface area (Å²) in [4.78, 5) is 4.02. The first-order chi connectivity index (χ1) is 9.70. The summed E-state index contributed by atoms with van der Waals surface area (Å²) in [7, 11) is 0. The molecule has 106 valence electrons. The predicted molar refractivity (Wildman–Crippen MR) is 80.4 cm³/mol. The molecule has 0 aliphatic rings. The number of hydrogen-bond acceptors (Lipinski definition) is 2. The molecule has 2 rings (SSSR count). The molecule has 1 aromatic carbocycles. The largest absolute Gasteiger partial charge is 0.310 e. The van der Waals surface area contributed by atoms with E-state index < -0.39 is 0 Å².